The quantitative estimate of drug-likeness (QED) is 0.820. The van der Waals surface area contributed by atoms with Crippen LogP contribution >= 0.6 is 23.7 Å². The minimum atomic E-state index is -0.237. The van der Waals surface area contributed by atoms with Crippen LogP contribution in [0.4, 0.5) is 4.39 Å². The van der Waals surface area contributed by atoms with Crippen LogP contribution in [0.5, 0.6) is 0 Å². The first kappa shape index (κ1) is 19.3. The van der Waals surface area contributed by atoms with E-state index >= 15 is 0 Å². The summed E-state index contributed by atoms with van der Waals surface area (Å²) >= 11 is 1.52. The van der Waals surface area contributed by atoms with E-state index in [0.717, 1.165) is 71.7 Å². The summed E-state index contributed by atoms with van der Waals surface area (Å²) in [6.45, 7) is 5.92. The molecular formula is C20H24ClFN2OS. The van der Waals surface area contributed by atoms with Crippen molar-refractivity contribution in [2.75, 3.05) is 26.2 Å². The fourth-order valence-corrected chi connectivity index (χ4v) is 5.20. The SMILES string of the molecule is Cc1cc(C(=O)N2CC[C@@H]3CNC[C@@H]3CC2)sc1-c1ccc(F)cc1.Cl. The normalized spacial score (nSPS) is 22.5. The van der Waals surface area contributed by atoms with Crippen LogP contribution in [0, 0.1) is 24.6 Å². The fraction of sp³-hybridized carbons (Fsp3) is 0.450. The molecule has 0 radical (unpaired) electrons. The van der Waals surface area contributed by atoms with Crippen molar-refractivity contribution in [1.82, 2.24) is 10.2 Å². The molecule has 2 aliphatic rings. The maximum absolute atomic E-state index is 13.2. The van der Waals surface area contributed by atoms with Crippen LogP contribution in [-0.2, 0) is 0 Å². The van der Waals surface area contributed by atoms with Crippen molar-refractivity contribution < 1.29 is 9.18 Å². The fourth-order valence-electron chi connectivity index (χ4n) is 4.05. The van der Waals surface area contributed by atoms with Gasteiger partial charge in [0.05, 0.1) is 4.88 Å². The van der Waals surface area contributed by atoms with E-state index in [1.807, 2.05) is 17.9 Å². The van der Waals surface area contributed by atoms with Gasteiger partial charge in [0, 0.05) is 18.0 Å². The number of thiophene rings is 1. The molecule has 1 aromatic carbocycles. The van der Waals surface area contributed by atoms with Crippen molar-refractivity contribution >= 4 is 29.7 Å². The largest absolute Gasteiger partial charge is 0.338 e. The second kappa shape index (κ2) is 8.07. The number of nitrogens with zero attached hydrogens (tertiary/aromatic N) is 1. The number of hydrogen-bond acceptors (Lipinski definition) is 3. The first-order valence-corrected chi connectivity index (χ1v) is 9.80. The van der Waals surface area contributed by atoms with Gasteiger partial charge < -0.3 is 10.2 Å². The van der Waals surface area contributed by atoms with E-state index in [4.69, 9.17) is 0 Å². The number of hydrogen-bond donors (Lipinski definition) is 1. The Labute approximate surface area is 164 Å². The van der Waals surface area contributed by atoms with Gasteiger partial charge in [-0.2, -0.15) is 0 Å². The molecule has 0 unspecified atom stereocenters. The number of likely N-dealkylation sites (tertiary alicyclic amines) is 1. The number of benzene rings is 1. The maximum Gasteiger partial charge on any atom is 0.263 e. The van der Waals surface area contributed by atoms with Crippen molar-refractivity contribution in [2.45, 2.75) is 19.8 Å². The zero-order valence-corrected chi connectivity index (χ0v) is 16.5. The van der Waals surface area contributed by atoms with Crippen LogP contribution in [0.1, 0.15) is 28.1 Å². The molecule has 3 heterocycles. The zero-order valence-electron chi connectivity index (χ0n) is 14.8. The van der Waals surface area contributed by atoms with E-state index < -0.39 is 0 Å². The summed E-state index contributed by atoms with van der Waals surface area (Å²) in [5.41, 5.74) is 2.05. The van der Waals surface area contributed by atoms with Crippen molar-refractivity contribution in [2.24, 2.45) is 11.8 Å². The van der Waals surface area contributed by atoms with Gasteiger partial charge in [-0.05, 0) is 74.0 Å². The van der Waals surface area contributed by atoms with E-state index in [2.05, 4.69) is 5.32 Å². The molecule has 3 nitrogen and oxygen atoms in total. The molecule has 0 saturated carbocycles. The molecule has 2 aromatic rings. The van der Waals surface area contributed by atoms with Gasteiger partial charge in [0.15, 0.2) is 0 Å². The third-order valence-electron chi connectivity index (χ3n) is 5.54. The third-order valence-corrected chi connectivity index (χ3v) is 6.82. The summed E-state index contributed by atoms with van der Waals surface area (Å²) in [7, 11) is 0. The van der Waals surface area contributed by atoms with Gasteiger partial charge in [-0.3, -0.25) is 4.79 Å². The highest BCUT2D eigenvalue weighted by Gasteiger charge is 2.32. The molecule has 26 heavy (non-hydrogen) atoms. The molecule has 0 spiro atoms. The molecule has 140 valence electrons. The Morgan fingerprint density at radius 2 is 1.77 bits per heavy atom. The average Bonchev–Trinajstić information content (AvgIpc) is 3.17. The minimum absolute atomic E-state index is 0. The van der Waals surface area contributed by atoms with E-state index in [1.165, 1.54) is 23.5 Å². The van der Waals surface area contributed by atoms with Gasteiger partial charge >= 0.3 is 0 Å². The van der Waals surface area contributed by atoms with Crippen molar-refractivity contribution in [3.63, 3.8) is 0 Å². The van der Waals surface area contributed by atoms with Gasteiger partial charge in [-0.1, -0.05) is 12.1 Å². The van der Waals surface area contributed by atoms with Crippen LogP contribution in [0.25, 0.3) is 10.4 Å². The van der Waals surface area contributed by atoms with Crippen LogP contribution < -0.4 is 5.32 Å². The molecule has 6 heteroatoms. The summed E-state index contributed by atoms with van der Waals surface area (Å²) in [5, 5.41) is 3.47. The zero-order chi connectivity index (χ0) is 17.4. The number of aryl methyl sites for hydroxylation is 1. The van der Waals surface area contributed by atoms with Crippen molar-refractivity contribution in [3.05, 3.63) is 46.6 Å². The predicted molar refractivity (Wildman–Crippen MR) is 107 cm³/mol. The molecule has 1 aromatic heterocycles. The Kier molecular flexibility index (Phi) is 6.00. The Morgan fingerprint density at radius 3 is 2.38 bits per heavy atom. The summed E-state index contributed by atoms with van der Waals surface area (Å²) < 4.78 is 13.2. The van der Waals surface area contributed by atoms with Crippen LogP contribution in [0.15, 0.2) is 30.3 Å². The molecule has 2 fully saturated rings. The topological polar surface area (TPSA) is 32.3 Å². The van der Waals surface area contributed by atoms with Gasteiger partial charge in [-0.15, -0.1) is 23.7 Å². The number of carbonyl (C=O) groups is 1. The predicted octanol–water partition coefficient (Wildman–Crippen LogP) is 4.36. The van der Waals surface area contributed by atoms with Gasteiger partial charge in [0.25, 0.3) is 5.91 Å². The van der Waals surface area contributed by atoms with E-state index in [1.54, 1.807) is 12.1 Å². The molecule has 1 N–H and O–H groups in total. The number of carbonyl (C=O) groups excluding carboxylic acids is 1. The molecule has 2 aliphatic heterocycles. The minimum Gasteiger partial charge on any atom is -0.338 e. The lowest BCUT2D eigenvalue weighted by Gasteiger charge is -2.20. The highest BCUT2D eigenvalue weighted by Crippen LogP contribution is 2.34. The Morgan fingerprint density at radius 1 is 1.15 bits per heavy atom. The monoisotopic (exact) mass is 394 g/mol. The summed E-state index contributed by atoms with van der Waals surface area (Å²) in [5.74, 6) is 1.35. The second-order valence-corrected chi connectivity index (χ2v) is 8.23. The smallest absolute Gasteiger partial charge is 0.263 e. The number of fused-ring (bicyclic) bond motifs is 1. The van der Waals surface area contributed by atoms with E-state index in [9.17, 15) is 9.18 Å². The molecule has 0 aliphatic carbocycles. The van der Waals surface area contributed by atoms with E-state index in [0.29, 0.717) is 0 Å². The van der Waals surface area contributed by atoms with Crippen molar-refractivity contribution in [3.8, 4) is 10.4 Å². The first-order valence-electron chi connectivity index (χ1n) is 8.98. The highest BCUT2D eigenvalue weighted by molar-refractivity contribution is 7.17. The second-order valence-electron chi connectivity index (χ2n) is 7.18. The van der Waals surface area contributed by atoms with E-state index in [-0.39, 0.29) is 24.1 Å². The molecule has 2 saturated heterocycles. The molecule has 1 amide bonds. The third kappa shape index (κ3) is 3.80. The van der Waals surface area contributed by atoms with Gasteiger partial charge in [0.2, 0.25) is 0 Å². The maximum atomic E-state index is 13.2. The lowest BCUT2D eigenvalue weighted by molar-refractivity contribution is 0.0763. The van der Waals surface area contributed by atoms with Crippen molar-refractivity contribution in [1.29, 1.82) is 0 Å². The Balaban J connectivity index is 0.00000196. The Bertz CT molecular complexity index is 763. The highest BCUT2D eigenvalue weighted by atomic mass is 35.5. The standard InChI is InChI=1S/C20H23FN2OS.ClH/c1-13-10-18(25-19(13)14-2-4-17(21)5-3-14)20(24)23-8-6-15-11-22-12-16(15)7-9-23;/h2-5,10,15-16,22H,6-9,11-12H2,1H3;1H/t15-,16+;. The van der Waals surface area contributed by atoms with Gasteiger partial charge in [0.1, 0.15) is 5.82 Å². The number of halogens is 2. The van der Waals surface area contributed by atoms with Crippen LogP contribution in [0.3, 0.4) is 0 Å². The van der Waals surface area contributed by atoms with Crippen LogP contribution in [0.2, 0.25) is 0 Å². The lowest BCUT2D eigenvalue weighted by atomic mass is 9.92. The molecule has 0 bridgehead atoms. The number of nitrogens with one attached hydrogen (secondary N) is 1. The Hall–Kier alpha value is -1.43. The van der Waals surface area contributed by atoms with Crippen LogP contribution in [-0.4, -0.2) is 37.0 Å². The van der Waals surface area contributed by atoms with Gasteiger partial charge in [-0.25, -0.2) is 4.39 Å². The molecule has 4 rings (SSSR count). The lowest BCUT2D eigenvalue weighted by Crippen LogP contribution is -2.32. The number of amides is 1. The average molecular weight is 395 g/mol. The summed E-state index contributed by atoms with van der Waals surface area (Å²) in [4.78, 5) is 16.9. The number of rotatable bonds is 2. The summed E-state index contributed by atoms with van der Waals surface area (Å²) in [6, 6.07) is 8.49. The molecular weight excluding hydrogens is 371 g/mol. The first-order chi connectivity index (χ1) is 12.1. The summed E-state index contributed by atoms with van der Waals surface area (Å²) in [6.07, 6.45) is 2.19. The molecule has 2 atom stereocenters.